The number of halogens is 3. The van der Waals surface area contributed by atoms with Crippen molar-refractivity contribution in [2.24, 2.45) is 5.73 Å². The Morgan fingerprint density at radius 2 is 1.88 bits per heavy atom. The second-order valence-electron chi connectivity index (χ2n) is 3.44. The van der Waals surface area contributed by atoms with Crippen LogP contribution in [0.15, 0.2) is 30.3 Å². The smallest absolute Gasteiger partial charge is 0.366 e. The lowest BCUT2D eigenvalue weighted by Gasteiger charge is -2.10. The number of para-hydroxylation sites is 1. The molecule has 0 spiro atoms. The molecular weight excluding hydrogens is 233 g/mol. The molecule has 3 nitrogen and oxygen atoms in total. The summed E-state index contributed by atoms with van der Waals surface area (Å²) in [5, 5.41) is 0.439. The maximum Gasteiger partial charge on any atom is 0.434 e. The topological polar surface area (TPSA) is 56.0 Å². The van der Waals surface area contributed by atoms with Gasteiger partial charge in [0.25, 0.3) is 5.91 Å². The standard InChI is InChI=1S/C11H7F3N2O/c12-11(13,14)9-7(10(15)17)5-6-3-1-2-4-8(6)16-9/h1-5H,(H2,15,17). The first kappa shape index (κ1) is 11.4. The summed E-state index contributed by atoms with van der Waals surface area (Å²) in [6.45, 7) is 0. The number of rotatable bonds is 1. The molecule has 2 aromatic rings. The molecule has 0 atom stereocenters. The van der Waals surface area contributed by atoms with Gasteiger partial charge in [0.2, 0.25) is 0 Å². The van der Waals surface area contributed by atoms with Crippen molar-refractivity contribution in [1.29, 1.82) is 0 Å². The second-order valence-corrected chi connectivity index (χ2v) is 3.44. The van der Waals surface area contributed by atoms with Crippen LogP contribution in [0.2, 0.25) is 0 Å². The highest BCUT2D eigenvalue weighted by Crippen LogP contribution is 2.32. The first-order valence-corrected chi connectivity index (χ1v) is 4.66. The lowest BCUT2D eigenvalue weighted by molar-refractivity contribution is -0.141. The number of nitrogens with zero attached hydrogens (tertiary/aromatic N) is 1. The Hall–Kier alpha value is -2.11. The van der Waals surface area contributed by atoms with Gasteiger partial charge in [-0.2, -0.15) is 13.2 Å². The third-order valence-corrected chi connectivity index (χ3v) is 2.26. The zero-order valence-corrected chi connectivity index (χ0v) is 8.45. The van der Waals surface area contributed by atoms with Gasteiger partial charge in [-0.05, 0) is 12.1 Å². The van der Waals surface area contributed by atoms with Crippen molar-refractivity contribution in [1.82, 2.24) is 4.98 Å². The minimum atomic E-state index is -4.70. The maximum atomic E-state index is 12.7. The predicted octanol–water partition coefficient (Wildman–Crippen LogP) is 2.35. The number of amides is 1. The Morgan fingerprint density at radius 1 is 1.24 bits per heavy atom. The Kier molecular flexibility index (Phi) is 2.49. The highest BCUT2D eigenvalue weighted by Gasteiger charge is 2.37. The van der Waals surface area contributed by atoms with E-state index < -0.39 is 23.3 Å². The first-order valence-electron chi connectivity index (χ1n) is 4.66. The Balaban J connectivity index is 2.80. The van der Waals surface area contributed by atoms with E-state index in [2.05, 4.69) is 4.98 Å². The number of fused-ring (bicyclic) bond motifs is 1. The van der Waals surface area contributed by atoms with E-state index in [9.17, 15) is 18.0 Å². The summed E-state index contributed by atoms with van der Waals surface area (Å²) >= 11 is 0. The molecule has 0 bridgehead atoms. The number of aromatic nitrogens is 1. The SMILES string of the molecule is NC(=O)c1cc2ccccc2nc1C(F)(F)F. The number of alkyl halides is 3. The number of carbonyl (C=O) groups is 1. The molecule has 1 amide bonds. The molecule has 0 unspecified atom stereocenters. The summed E-state index contributed by atoms with van der Waals surface area (Å²) in [6.07, 6.45) is -4.70. The van der Waals surface area contributed by atoms with E-state index in [4.69, 9.17) is 5.73 Å². The highest BCUT2D eigenvalue weighted by molar-refractivity contribution is 5.97. The number of nitrogens with two attached hydrogens (primary N) is 1. The number of pyridine rings is 1. The van der Waals surface area contributed by atoms with Gasteiger partial charge in [0, 0.05) is 5.39 Å². The van der Waals surface area contributed by atoms with Gasteiger partial charge in [0.15, 0.2) is 5.69 Å². The summed E-state index contributed by atoms with van der Waals surface area (Å²) in [7, 11) is 0. The van der Waals surface area contributed by atoms with Crippen LogP contribution < -0.4 is 5.73 Å². The van der Waals surface area contributed by atoms with Gasteiger partial charge in [-0.25, -0.2) is 4.98 Å². The minimum Gasteiger partial charge on any atom is -0.366 e. The van der Waals surface area contributed by atoms with Crippen LogP contribution in [-0.4, -0.2) is 10.9 Å². The molecule has 0 fully saturated rings. The summed E-state index contributed by atoms with van der Waals surface area (Å²) in [4.78, 5) is 14.4. The van der Waals surface area contributed by atoms with Gasteiger partial charge in [-0.15, -0.1) is 0 Å². The van der Waals surface area contributed by atoms with Crippen LogP contribution in [-0.2, 0) is 6.18 Å². The van der Waals surface area contributed by atoms with Crippen molar-refractivity contribution in [3.05, 3.63) is 41.6 Å². The maximum absolute atomic E-state index is 12.7. The quantitative estimate of drug-likeness (QED) is 0.831. The molecule has 0 saturated heterocycles. The molecule has 1 heterocycles. The van der Waals surface area contributed by atoms with E-state index in [-0.39, 0.29) is 5.52 Å². The van der Waals surface area contributed by atoms with Crippen molar-refractivity contribution < 1.29 is 18.0 Å². The monoisotopic (exact) mass is 240 g/mol. The third-order valence-electron chi connectivity index (χ3n) is 2.26. The van der Waals surface area contributed by atoms with Gasteiger partial charge in [-0.3, -0.25) is 4.79 Å². The van der Waals surface area contributed by atoms with Gasteiger partial charge in [0.05, 0.1) is 11.1 Å². The molecule has 1 aromatic heterocycles. The lowest BCUT2D eigenvalue weighted by Crippen LogP contribution is -2.20. The molecule has 2 rings (SSSR count). The van der Waals surface area contributed by atoms with Crippen molar-refractivity contribution in [3.8, 4) is 0 Å². The highest BCUT2D eigenvalue weighted by atomic mass is 19.4. The number of carbonyl (C=O) groups excluding carboxylic acids is 1. The van der Waals surface area contributed by atoms with Crippen molar-refractivity contribution >= 4 is 16.8 Å². The third kappa shape index (κ3) is 2.06. The van der Waals surface area contributed by atoms with Crippen LogP contribution in [0.3, 0.4) is 0 Å². The first-order chi connectivity index (χ1) is 7.89. The molecule has 0 aliphatic heterocycles. The molecule has 88 valence electrons. The van der Waals surface area contributed by atoms with Crippen LogP contribution in [0.25, 0.3) is 10.9 Å². The molecule has 2 N–H and O–H groups in total. The molecule has 0 radical (unpaired) electrons. The van der Waals surface area contributed by atoms with E-state index in [0.717, 1.165) is 6.07 Å². The van der Waals surface area contributed by atoms with E-state index in [0.29, 0.717) is 5.39 Å². The summed E-state index contributed by atoms with van der Waals surface area (Å²) in [6, 6.07) is 7.32. The number of benzene rings is 1. The van der Waals surface area contributed by atoms with Crippen molar-refractivity contribution in [2.75, 3.05) is 0 Å². The van der Waals surface area contributed by atoms with Crippen LogP contribution in [0.5, 0.6) is 0 Å². The second kappa shape index (κ2) is 3.73. The van der Waals surface area contributed by atoms with E-state index in [1.54, 1.807) is 18.2 Å². The van der Waals surface area contributed by atoms with Crippen LogP contribution >= 0.6 is 0 Å². The number of hydrogen-bond acceptors (Lipinski definition) is 2. The van der Waals surface area contributed by atoms with Crippen molar-refractivity contribution in [2.45, 2.75) is 6.18 Å². The molecule has 0 aliphatic carbocycles. The largest absolute Gasteiger partial charge is 0.434 e. The Bertz CT molecular complexity index is 593. The molecule has 0 aliphatic rings. The van der Waals surface area contributed by atoms with Gasteiger partial charge >= 0.3 is 6.18 Å². The predicted molar refractivity (Wildman–Crippen MR) is 55.3 cm³/mol. The summed E-state index contributed by atoms with van der Waals surface area (Å²) in [5.74, 6) is -1.14. The van der Waals surface area contributed by atoms with E-state index >= 15 is 0 Å². The average molecular weight is 240 g/mol. The fraction of sp³-hybridized carbons (Fsp3) is 0.0909. The molecule has 0 saturated carbocycles. The van der Waals surface area contributed by atoms with Crippen LogP contribution in [0, 0.1) is 0 Å². The van der Waals surface area contributed by atoms with Crippen LogP contribution in [0.1, 0.15) is 16.1 Å². The fourth-order valence-corrected chi connectivity index (χ4v) is 1.52. The molecule has 1 aromatic carbocycles. The molecule has 17 heavy (non-hydrogen) atoms. The summed E-state index contributed by atoms with van der Waals surface area (Å²) < 4.78 is 38.0. The van der Waals surface area contributed by atoms with Gasteiger partial charge in [0.1, 0.15) is 0 Å². The Labute approximate surface area is 94.1 Å². The zero-order valence-electron chi connectivity index (χ0n) is 8.45. The Morgan fingerprint density at radius 3 is 2.47 bits per heavy atom. The van der Waals surface area contributed by atoms with Crippen LogP contribution in [0.4, 0.5) is 13.2 Å². The minimum absolute atomic E-state index is 0.171. The number of primary amides is 1. The van der Waals surface area contributed by atoms with Crippen molar-refractivity contribution in [3.63, 3.8) is 0 Å². The average Bonchev–Trinajstić information content (AvgIpc) is 2.26. The van der Waals surface area contributed by atoms with E-state index in [1.165, 1.54) is 6.07 Å². The molecular formula is C11H7F3N2O. The summed E-state index contributed by atoms with van der Waals surface area (Å²) in [5.41, 5.74) is 3.23. The number of hydrogen-bond donors (Lipinski definition) is 1. The van der Waals surface area contributed by atoms with Gasteiger partial charge < -0.3 is 5.73 Å². The van der Waals surface area contributed by atoms with E-state index in [1.807, 2.05) is 0 Å². The lowest BCUT2D eigenvalue weighted by atomic mass is 10.1. The zero-order chi connectivity index (χ0) is 12.6. The normalized spacial score (nSPS) is 11.7. The molecule has 6 heteroatoms. The van der Waals surface area contributed by atoms with Gasteiger partial charge in [-0.1, -0.05) is 18.2 Å². The fourth-order valence-electron chi connectivity index (χ4n) is 1.52.